The highest BCUT2D eigenvalue weighted by atomic mass is 16.3. The topological polar surface area (TPSA) is 58.6 Å². The molecule has 0 aliphatic heterocycles. The van der Waals surface area contributed by atoms with Gasteiger partial charge >= 0.3 is 0 Å². The summed E-state index contributed by atoms with van der Waals surface area (Å²) in [4.78, 5) is 5.08. The van der Waals surface area contributed by atoms with Crippen molar-refractivity contribution in [2.24, 2.45) is 4.99 Å². The maximum absolute atomic E-state index is 10.4. The van der Waals surface area contributed by atoms with Gasteiger partial charge in [-0.05, 0) is 84.0 Å². The van der Waals surface area contributed by atoms with E-state index in [0.717, 1.165) is 46.6 Å². The lowest BCUT2D eigenvalue weighted by molar-refractivity contribution is 0.474. The summed E-state index contributed by atoms with van der Waals surface area (Å²) in [6.07, 6.45) is 1.62. The number of aromatic hydroxyl groups is 1. The van der Waals surface area contributed by atoms with Crippen LogP contribution in [-0.4, -0.2) is 10.8 Å². The van der Waals surface area contributed by atoms with Gasteiger partial charge in [0.2, 0.25) is 0 Å². The molecule has 0 saturated heterocycles. The molecule has 0 unspecified atom stereocenters. The lowest BCUT2D eigenvalue weighted by Crippen LogP contribution is -2.03. The first kappa shape index (κ1) is 24.6. The summed E-state index contributed by atoms with van der Waals surface area (Å²) in [5.41, 5.74) is 17.3. The number of anilines is 1. The van der Waals surface area contributed by atoms with Gasteiger partial charge < -0.3 is 10.8 Å². The molecule has 0 aliphatic rings. The Morgan fingerprint density at radius 2 is 1.45 bits per heavy atom. The van der Waals surface area contributed by atoms with Gasteiger partial charge in [0.1, 0.15) is 5.75 Å². The molecule has 0 atom stereocenters. The third kappa shape index (κ3) is 5.47. The first-order valence-corrected chi connectivity index (χ1v) is 12.0. The molecule has 33 heavy (non-hydrogen) atoms. The molecule has 0 aliphatic carbocycles. The summed E-state index contributed by atoms with van der Waals surface area (Å²) >= 11 is 0. The third-order valence-corrected chi connectivity index (χ3v) is 6.32. The van der Waals surface area contributed by atoms with Crippen molar-refractivity contribution in [2.45, 2.75) is 73.1 Å². The van der Waals surface area contributed by atoms with Gasteiger partial charge in [0, 0.05) is 11.3 Å². The number of aryl methyl sites for hydroxylation is 2. The van der Waals surface area contributed by atoms with Crippen molar-refractivity contribution in [1.82, 2.24) is 0 Å². The van der Waals surface area contributed by atoms with Crippen LogP contribution in [0.2, 0.25) is 0 Å². The molecule has 3 aromatic rings. The highest BCUT2D eigenvalue weighted by Gasteiger charge is 2.15. The first-order chi connectivity index (χ1) is 15.6. The fourth-order valence-corrected chi connectivity index (χ4v) is 4.48. The highest BCUT2D eigenvalue weighted by molar-refractivity contribution is 6.04. The minimum atomic E-state index is 0.276. The highest BCUT2D eigenvalue weighted by Crippen LogP contribution is 2.35. The van der Waals surface area contributed by atoms with Crippen LogP contribution in [-0.2, 0) is 6.42 Å². The van der Waals surface area contributed by atoms with E-state index in [4.69, 9.17) is 10.7 Å². The van der Waals surface area contributed by atoms with Crippen LogP contribution in [0, 0.1) is 13.8 Å². The van der Waals surface area contributed by atoms with Crippen LogP contribution in [0.1, 0.15) is 91.8 Å². The number of nitrogen functional groups attached to an aromatic ring is 1. The number of nitrogens with zero attached hydrogens (tertiary/aromatic N) is 1. The number of nitrogens with two attached hydrogens (primary N) is 1. The molecule has 0 aromatic heterocycles. The van der Waals surface area contributed by atoms with Crippen molar-refractivity contribution < 1.29 is 5.11 Å². The summed E-state index contributed by atoms with van der Waals surface area (Å²) in [5.74, 6) is 1.01. The van der Waals surface area contributed by atoms with Crippen molar-refractivity contribution in [3.63, 3.8) is 0 Å². The van der Waals surface area contributed by atoms with E-state index in [1.54, 1.807) is 6.07 Å². The van der Waals surface area contributed by atoms with E-state index >= 15 is 0 Å². The molecule has 174 valence electrons. The van der Waals surface area contributed by atoms with Gasteiger partial charge in [0.15, 0.2) is 0 Å². The number of phenols is 1. The second-order valence-electron chi connectivity index (χ2n) is 9.68. The quantitative estimate of drug-likeness (QED) is 0.288. The molecular formula is C30H38N2O. The van der Waals surface area contributed by atoms with Crippen LogP contribution in [0.3, 0.4) is 0 Å². The minimum Gasteiger partial charge on any atom is -0.507 e. The normalized spacial score (nSPS) is 12.1. The van der Waals surface area contributed by atoms with Crippen molar-refractivity contribution in [2.75, 3.05) is 5.73 Å². The van der Waals surface area contributed by atoms with Crippen LogP contribution >= 0.6 is 0 Å². The molecule has 3 heteroatoms. The fraction of sp³-hybridized carbons (Fsp3) is 0.367. The van der Waals surface area contributed by atoms with E-state index in [1.165, 1.54) is 22.3 Å². The van der Waals surface area contributed by atoms with Crippen LogP contribution < -0.4 is 5.73 Å². The lowest BCUT2D eigenvalue weighted by Gasteiger charge is -2.18. The zero-order valence-corrected chi connectivity index (χ0v) is 21.2. The van der Waals surface area contributed by atoms with Crippen LogP contribution in [0.25, 0.3) is 0 Å². The van der Waals surface area contributed by atoms with Gasteiger partial charge in [-0.15, -0.1) is 0 Å². The summed E-state index contributed by atoms with van der Waals surface area (Å²) in [7, 11) is 0. The van der Waals surface area contributed by atoms with E-state index in [1.807, 2.05) is 18.2 Å². The molecule has 0 radical (unpaired) electrons. The number of para-hydroxylation sites is 1. The number of rotatable bonds is 7. The molecule has 0 heterocycles. The molecule has 0 bridgehead atoms. The fourth-order valence-electron chi connectivity index (χ4n) is 4.48. The lowest BCUT2D eigenvalue weighted by atomic mass is 9.90. The number of hydrogen-bond acceptors (Lipinski definition) is 3. The Kier molecular flexibility index (Phi) is 7.63. The average molecular weight is 443 g/mol. The minimum absolute atomic E-state index is 0.276. The zero-order chi connectivity index (χ0) is 24.3. The largest absolute Gasteiger partial charge is 0.507 e. The Balaban J connectivity index is 2.07. The molecule has 3 rings (SSSR count). The van der Waals surface area contributed by atoms with Gasteiger partial charge in [0.05, 0.1) is 11.4 Å². The number of benzene rings is 3. The maximum Gasteiger partial charge on any atom is 0.124 e. The predicted molar refractivity (Wildman–Crippen MR) is 142 cm³/mol. The van der Waals surface area contributed by atoms with Gasteiger partial charge in [0.25, 0.3) is 0 Å². The molecule has 3 nitrogen and oxygen atoms in total. The van der Waals surface area contributed by atoms with E-state index in [0.29, 0.717) is 11.8 Å². The summed E-state index contributed by atoms with van der Waals surface area (Å²) in [6.45, 7) is 15.1. The molecular weight excluding hydrogens is 404 g/mol. The molecule has 0 fully saturated rings. The smallest absolute Gasteiger partial charge is 0.124 e. The van der Waals surface area contributed by atoms with Gasteiger partial charge in [-0.2, -0.15) is 0 Å². The standard InChI is InChI=1S/C30H38N2O/c1-8-27(24-11-9-10-12-28(24)33)32-30-21(7)14-23(17-26(30)19(4)5)15-22-13-20(6)29(31)25(16-22)18(2)3/h9-14,16-19,33H,8,15,31H2,1-7H3/b32-27+. The molecule has 3 N–H and O–H groups in total. The van der Waals surface area contributed by atoms with Gasteiger partial charge in [-0.25, -0.2) is 0 Å². The molecule has 0 saturated carbocycles. The SMILES string of the molecule is CC/C(=N\c1c(C)cc(Cc2cc(C)c(N)c(C(C)C)c2)cc1C(C)C)c1ccccc1O. The van der Waals surface area contributed by atoms with Gasteiger partial charge in [-0.3, -0.25) is 4.99 Å². The van der Waals surface area contributed by atoms with Crippen molar-refractivity contribution in [3.8, 4) is 5.75 Å². The Labute approximate surface area is 199 Å². The number of phenolic OH excluding ortho intramolecular Hbond substituents is 1. The Hall–Kier alpha value is -3.07. The van der Waals surface area contributed by atoms with Crippen molar-refractivity contribution in [1.29, 1.82) is 0 Å². The van der Waals surface area contributed by atoms with Gasteiger partial charge in [-0.1, -0.05) is 71.0 Å². The second-order valence-corrected chi connectivity index (χ2v) is 9.68. The Morgan fingerprint density at radius 3 is 2.03 bits per heavy atom. The number of aliphatic imine (C=N–C) groups is 1. The average Bonchev–Trinajstić information content (AvgIpc) is 2.75. The predicted octanol–water partition coefficient (Wildman–Crippen LogP) is 7.96. The van der Waals surface area contributed by atoms with E-state index in [-0.39, 0.29) is 5.75 Å². The van der Waals surface area contributed by atoms with Crippen molar-refractivity contribution >= 4 is 17.1 Å². The van der Waals surface area contributed by atoms with Crippen LogP contribution in [0.15, 0.2) is 53.5 Å². The number of hydrogen-bond donors (Lipinski definition) is 2. The maximum atomic E-state index is 10.4. The second kappa shape index (κ2) is 10.2. The Bertz CT molecular complexity index is 1170. The van der Waals surface area contributed by atoms with Crippen molar-refractivity contribution in [3.05, 3.63) is 87.5 Å². The molecule has 3 aromatic carbocycles. The van der Waals surface area contributed by atoms with E-state index in [9.17, 15) is 5.11 Å². The summed E-state index contributed by atoms with van der Waals surface area (Å²) < 4.78 is 0. The van der Waals surface area contributed by atoms with E-state index in [2.05, 4.69) is 72.7 Å². The summed E-state index contributed by atoms with van der Waals surface area (Å²) in [5, 5.41) is 10.4. The molecule has 0 spiro atoms. The summed E-state index contributed by atoms with van der Waals surface area (Å²) in [6, 6.07) is 16.5. The monoisotopic (exact) mass is 442 g/mol. The first-order valence-electron chi connectivity index (χ1n) is 12.0. The van der Waals surface area contributed by atoms with Crippen LogP contribution in [0.4, 0.5) is 11.4 Å². The van der Waals surface area contributed by atoms with E-state index < -0.39 is 0 Å². The van der Waals surface area contributed by atoms with Crippen LogP contribution in [0.5, 0.6) is 5.75 Å². The zero-order valence-electron chi connectivity index (χ0n) is 21.2. The third-order valence-electron chi connectivity index (χ3n) is 6.32. The Morgan fingerprint density at radius 1 is 0.879 bits per heavy atom. The molecule has 0 amide bonds.